The molecule has 0 bridgehead atoms. The third-order valence-electron chi connectivity index (χ3n) is 4.31. The topological polar surface area (TPSA) is 68.8 Å². The summed E-state index contributed by atoms with van der Waals surface area (Å²) in [6.07, 6.45) is 0.811. The van der Waals surface area contributed by atoms with E-state index in [-0.39, 0.29) is 5.91 Å². The lowest BCUT2D eigenvalue weighted by molar-refractivity contribution is 0.0963. The number of aliphatic imine (C=N–C) groups is 1. The van der Waals surface area contributed by atoms with Gasteiger partial charge in [0.15, 0.2) is 5.96 Å². The Hall–Kier alpha value is -3.02. The highest BCUT2D eigenvalue weighted by molar-refractivity contribution is 5.94. The predicted octanol–water partition coefficient (Wildman–Crippen LogP) is 2.41. The van der Waals surface area contributed by atoms with Crippen molar-refractivity contribution in [3.05, 3.63) is 65.2 Å². The van der Waals surface area contributed by atoms with E-state index in [2.05, 4.69) is 57.0 Å². The molecule has 2 aromatic rings. The molecule has 0 saturated carbocycles. The Morgan fingerprint density at radius 1 is 1.04 bits per heavy atom. The molecular weight excluding hydrogens is 350 g/mol. The van der Waals surface area contributed by atoms with E-state index in [1.165, 1.54) is 11.3 Å². The largest absolute Gasteiger partial charge is 0.378 e. The van der Waals surface area contributed by atoms with E-state index in [1.807, 2.05) is 38.4 Å². The molecule has 0 aliphatic heterocycles. The van der Waals surface area contributed by atoms with Crippen LogP contribution in [-0.4, -0.2) is 46.1 Å². The number of nitrogens with one attached hydrogen (secondary N) is 3. The van der Waals surface area contributed by atoms with Crippen molar-refractivity contribution in [2.24, 2.45) is 4.99 Å². The number of hydrogen-bond donors (Lipinski definition) is 3. The minimum absolute atomic E-state index is 0.0651. The SMILES string of the molecule is CCNC(=NCc1cccc(N(C)C)c1)NCCc1cccc(C(=O)NC)c1. The van der Waals surface area contributed by atoms with Gasteiger partial charge in [0.25, 0.3) is 5.91 Å². The van der Waals surface area contributed by atoms with Gasteiger partial charge < -0.3 is 20.9 Å². The fourth-order valence-electron chi connectivity index (χ4n) is 2.78. The van der Waals surface area contributed by atoms with E-state index in [0.717, 1.165) is 31.0 Å². The zero-order chi connectivity index (χ0) is 20.4. The first-order chi connectivity index (χ1) is 13.5. The Kier molecular flexibility index (Phi) is 8.34. The molecule has 28 heavy (non-hydrogen) atoms. The molecule has 0 aromatic heterocycles. The summed E-state index contributed by atoms with van der Waals surface area (Å²) in [7, 11) is 5.71. The van der Waals surface area contributed by atoms with Crippen LogP contribution >= 0.6 is 0 Å². The summed E-state index contributed by atoms with van der Waals surface area (Å²) in [5.41, 5.74) is 4.13. The highest BCUT2D eigenvalue weighted by atomic mass is 16.1. The van der Waals surface area contributed by atoms with Crippen LogP contribution in [0.25, 0.3) is 0 Å². The van der Waals surface area contributed by atoms with Crippen molar-refractivity contribution >= 4 is 17.6 Å². The van der Waals surface area contributed by atoms with E-state index < -0.39 is 0 Å². The molecule has 0 atom stereocenters. The second-order valence-corrected chi connectivity index (χ2v) is 6.72. The number of guanidine groups is 1. The number of nitrogens with zero attached hydrogens (tertiary/aromatic N) is 2. The molecular formula is C22H31N5O. The van der Waals surface area contributed by atoms with Crippen molar-refractivity contribution in [2.75, 3.05) is 39.1 Å². The first-order valence-corrected chi connectivity index (χ1v) is 9.63. The number of benzene rings is 2. The van der Waals surface area contributed by atoms with Gasteiger partial charge in [-0.05, 0) is 48.7 Å². The van der Waals surface area contributed by atoms with Gasteiger partial charge in [0, 0.05) is 45.5 Å². The summed E-state index contributed by atoms with van der Waals surface area (Å²) in [6.45, 7) is 4.20. The van der Waals surface area contributed by atoms with Crippen LogP contribution in [0.5, 0.6) is 0 Å². The molecule has 0 aliphatic carbocycles. The van der Waals surface area contributed by atoms with Crippen molar-refractivity contribution < 1.29 is 4.79 Å². The molecule has 2 aromatic carbocycles. The van der Waals surface area contributed by atoms with Crippen LogP contribution < -0.4 is 20.9 Å². The van der Waals surface area contributed by atoms with Crippen LogP contribution in [0.1, 0.15) is 28.4 Å². The van der Waals surface area contributed by atoms with Crippen molar-refractivity contribution in [1.82, 2.24) is 16.0 Å². The lowest BCUT2D eigenvalue weighted by atomic mass is 10.1. The van der Waals surface area contributed by atoms with Gasteiger partial charge in [-0.1, -0.05) is 24.3 Å². The molecule has 3 N–H and O–H groups in total. The third kappa shape index (κ3) is 6.61. The third-order valence-corrected chi connectivity index (χ3v) is 4.31. The number of amides is 1. The fraction of sp³-hybridized carbons (Fsp3) is 0.364. The average molecular weight is 382 g/mol. The van der Waals surface area contributed by atoms with Crippen LogP contribution in [0, 0.1) is 0 Å². The summed E-state index contributed by atoms with van der Waals surface area (Å²) in [5, 5.41) is 9.30. The van der Waals surface area contributed by atoms with Crippen LogP contribution in [0.2, 0.25) is 0 Å². The molecule has 0 saturated heterocycles. The smallest absolute Gasteiger partial charge is 0.251 e. The first-order valence-electron chi connectivity index (χ1n) is 9.63. The van der Waals surface area contributed by atoms with Crippen LogP contribution in [-0.2, 0) is 13.0 Å². The Morgan fingerprint density at radius 2 is 1.79 bits per heavy atom. The Morgan fingerprint density at radius 3 is 2.50 bits per heavy atom. The minimum Gasteiger partial charge on any atom is -0.378 e. The van der Waals surface area contributed by atoms with E-state index in [4.69, 9.17) is 0 Å². The van der Waals surface area contributed by atoms with Gasteiger partial charge >= 0.3 is 0 Å². The van der Waals surface area contributed by atoms with Crippen molar-refractivity contribution in [1.29, 1.82) is 0 Å². The second kappa shape index (κ2) is 11.0. The van der Waals surface area contributed by atoms with Gasteiger partial charge in [0.2, 0.25) is 0 Å². The van der Waals surface area contributed by atoms with Crippen LogP contribution in [0.4, 0.5) is 5.69 Å². The molecule has 0 spiro atoms. The quantitative estimate of drug-likeness (QED) is 0.485. The lowest BCUT2D eigenvalue weighted by Gasteiger charge is -2.14. The van der Waals surface area contributed by atoms with E-state index >= 15 is 0 Å². The summed E-state index contributed by atoms with van der Waals surface area (Å²) >= 11 is 0. The molecule has 0 fully saturated rings. The first kappa shape index (κ1) is 21.3. The van der Waals surface area contributed by atoms with Gasteiger partial charge in [0.05, 0.1) is 6.54 Å². The Bertz CT molecular complexity index is 801. The summed E-state index contributed by atoms with van der Waals surface area (Å²) in [6, 6.07) is 16.1. The van der Waals surface area contributed by atoms with Crippen LogP contribution in [0.3, 0.4) is 0 Å². The van der Waals surface area contributed by atoms with E-state index in [9.17, 15) is 4.79 Å². The molecule has 0 heterocycles. The van der Waals surface area contributed by atoms with Gasteiger partial charge in [-0.3, -0.25) is 4.79 Å². The minimum atomic E-state index is -0.0651. The number of carbonyl (C=O) groups is 1. The highest BCUT2D eigenvalue weighted by Crippen LogP contribution is 2.14. The molecule has 6 nitrogen and oxygen atoms in total. The van der Waals surface area contributed by atoms with Gasteiger partial charge in [-0.25, -0.2) is 4.99 Å². The maximum Gasteiger partial charge on any atom is 0.251 e. The number of carbonyl (C=O) groups excluding carboxylic acids is 1. The lowest BCUT2D eigenvalue weighted by Crippen LogP contribution is -2.38. The molecule has 6 heteroatoms. The number of anilines is 1. The Labute approximate surface area is 168 Å². The maximum absolute atomic E-state index is 11.8. The summed E-state index contributed by atoms with van der Waals surface area (Å²) in [4.78, 5) is 18.5. The Balaban J connectivity index is 1.94. The van der Waals surface area contributed by atoms with E-state index in [1.54, 1.807) is 7.05 Å². The fourth-order valence-corrected chi connectivity index (χ4v) is 2.78. The molecule has 2 rings (SSSR count). The molecule has 150 valence electrons. The monoisotopic (exact) mass is 381 g/mol. The maximum atomic E-state index is 11.8. The summed E-state index contributed by atoms with van der Waals surface area (Å²) in [5.74, 6) is 0.727. The van der Waals surface area contributed by atoms with E-state index in [0.29, 0.717) is 12.1 Å². The number of rotatable bonds is 8. The highest BCUT2D eigenvalue weighted by Gasteiger charge is 2.04. The van der Waals surface area contributed by atoms with Gasteiger partial charge in [0.1, 0.15) is 0 Å². The molecule has 0 unspecified atom stereocenters. The molecule has 0 radical (unpaired) electrons. The molecule has 1 amide bonds. The van der Waals surface area contributed by atoms with Gasteiger partial charge in [-0.2, -0.15) is 0 Å². The zero-order valence-electron chi connectivity index (χ0n) is 17.2. The van der Waals surface area contributed by atoms with Crippen molar-refractivity contribution in [2.45, 2.75) is 19.9 Å². The standard InChI is InChI=1S/C22H31N5O/c1-5-24-22(26-16-18-9-7-11-20(15-18)27(3)4)25-13-12-17-8-6-10-19(14-17)21(28)23-2/h6-11,14-15H,5,12-13,16H2,1-4H3,(H,23,28)(H2,24,25,26). The normalized spacial score (nSPS) is 11.1. The van der Waals surface area contributed by atoms with Crippen LogP contribution in [0.15, 0.2) is 53.5 Å². The predicted molar refractivity (Wildman–Crippen MR) is 117 cm³/mol. The van der Waals surface area contributed by atoms with Crippen molar-refractivity contribution in [3.8, 4) is 0 Å². The summed E-state index contributed by atoms with van der Waals surface area (Å²) < 4.78 is 0. The van der Waals surface area contributed by atoms with Crippen molar-refractivity contribution in [3.63, 3.8) is 0 Å². The average Bonchev–Trinajstić information content (AvgIpc) is 2.71. The van der Waals surface area contributed by atoms with Gasteiger partial charge in [-0.15, -0.1) is 0 Å². The second-order valence-electron chi connectivity index (χ2n) is 6.72. The zero-order valence-corrected chi connectivity index (χ0v) is 17.2. The number of hydrogen-bond acceptors (Lipinski definition) is 3. The molecule has 0 aliphatic rings.